The van der Waals surface area contributed by atoms with E-state index in [2.05, 4.69) is 4.98 Å². The number of hydrogen-bond donors (Lipinski definition) is 1. The second-order valence-corrected chi connectivity index (χ2v) is 3.12. The van der Waals surface area contributed by atoms with Gasteiger partial charge in [-0.25, -0.2) is 0 Å². The number of pyridine rings is 1. The second-order valence-electron chi connectivity index (χ2n) is 3.12. The van der Waals surface area contributed by atoms with E-state index >= 15 is 0 Å². The molecule has 1 fully saturated rings. The average Bonchev–Trinajstić information content (AvgIpc) is 2.01. The molecule has 70 valence electrons. The fourth-order valence-electron chi connectivity index (χ4n) is 1.10. The van der Waals surface area contributed by atoms with Crippen molar-refractivity contribution in [1.82, 2.24) is 4.98 Å². The van der Waals surface area contributed by atoms with Crippen molar-refractivity contribution in [3.05, 3.63) is 18.2 Å². The second kappa shape index (κ2) is 3.62. The van der Waals surface area contributed by atoms with E-state index < -0.39 is 0 Å². The Morgan fingerprint density at radius 1 is 1.54 bits per heavy atom. The van der Waals surface area contributed by atoms with Crippen molar-refractivity contribution in [3.63, 3.8) is 0 Å². The summed E-state index contributed by atoms with van der Waals surface area (Å²) in [4.78, 5) is 4.02. The van der Waals surface area contributed by atoms with Gasteiger partial charge in [-0.1, -0.05) is 6.07 Å². The van der Waals surface area contributed by atoms with Gasteiger partial charge in [-0.15, -0.1) is 0 Å². The minimum atomic E-state index is 0.488. The third-order valence-corrected chi connectivity index (χ3v) is 1.92. The van der Waals surface area contributed by atoms with Gasteiger partial charge in [-0.3, -0.25) is 0 Å². The molecule has 0 aromatic carbocycles. The number of nitrogen functional groups attached to an aromatic ring is 1. The van der Waals surface area contributed by atoms with Gasteiger partial charge in [-0.05, 0) is 6.07 Å². The molecule has 2 rings (SSSR count). The molecule has 0 saturated carbocycles. The number of rotatable bonds is 3. The standard InChI is InChI=1S/C9H12N2O2/c10-8-2-1-3-9(11-8)13-6-7-4-12-5-7/h1-3,7H,4-6H2,(H2,10,11). The minimum Gasteiger partial charge on any atom is -0.477 e. The molecule has 1 aromatic rings. The van der Waals surface area contributed by atoms with Crippen LogP contribution in [0.1, 0.15) is 0 Å². The van der Waals surface area contributed by atoms with E-state index in [1.54, 1.807) is 12.1 Å². The zero-order valence-electron chi connectivity index (χ0n) is 7.27. The summed E-state index contributed by atoms with van der Waals surface area (Å²) in [5.74, 6) is 1.59. The van der Waals surface area contributed by atoms with E-state index in [1.807, 2.05) is 6.07 Å². The fraction of sp³-hybridized carbons (Fsp3) is 0.444. The Morgan fingerprint density at radius 2 is 2.38 bits per heavy atom. The lowest BCUT2D eigenvalue weighted by Gasteiger charge is -2.25. The van der Waals surface area contributed by atoms with Crippen molar-refractivity contribution in [2.75, 3.05) is 25.6 Å². The van der Waals surface area contributed by atoms with Gasteiger partial charge >= 0.3 is 0 Å². The Morgan fingerprint density at radius 3 is 3.00 bits per heavy atom. The van der Waals surface area contributed by atoms with Crippen LogP contribution in [0.4, 0.5) is 5.82 Å². The van der Waals surface area contributed by atoms with Crippen LogP contribution >= 0.6 is 0 Å². The summed E-state index contributed by atoms with van der Waals surface area (Å²) < 4.78 is 10.4. The number of aromatic nitrogens is 1. The maximum Gasteiger partial charge on any atom is 0.215 e. The van der Waals surface area contributed by atoms with Gasteiger partial charge in [0.2, 0.25) is 5.88 Å². The first-order valence-corrected chi connectivity index (χ1v) is 4.27. The molecule has 1 aromatic heterocycles. The quantitative estimate of drug-likeness (QED) is 0.743. The van der Waals surface area contributed by atoms with E-state index in [4.69, 9.17) is 15.2 Å². The Kier molecular flexibility index (Phi) is 2.31. The van der Waals surface area contributed by atoms with Crippen LogP contribution in [0.15, 0.2) is 18.2 Å². The van der Waals surface area contributed by atoms with Crippen LogP contribution in [0.3, 0.4) is 0 Å². The predicted octanol–water partition coefficient (Wildman–Crippen LogP) is 0.689. The van der Waals surface area contributed by atoms with E-state index in [1.165, 1.54) is 0 Å². The molecule has 13 heavy (non-hydrogen) atoms. The van der Waals surface area contributed by atoms with Gasteiger partial charge in [0.05, 0.1) is 19.8 Å². The van der Waals surface area contributed by atoms with Crippen LogP contribution in [0.5, 0.6) is 5.88 Å². The van der Waals surface area contributed by atoms with E-state index in [-0.39, 0.29) is 0 Å². The number of hydrogen-bond acceptors (Lipinski definition) is 4. The highest BCUT2D eigenvalue weighted by Crippen LogP contribution is 2.13. The summed E-state index contributed by atoms with van der Waals surface area (Å²) in [5, 5.41) is 0. The molecule has 4 heteroatoms. The lowest BCUT2D eigenvalue weighted by molar-refractivity contribution is -0.0514. The topological polar surface area (TPSA) is 57.4 Å². The van der Waals surface area contributed by atoms with Crippen LogP contribution in [-0.4, -0.2) is 24.8 Å². The number of nitrogens with zero attached hydrogens (tertiary/aromatic N) is 1. The smallest absolute Gasteiger partial charge is 0.215 e. The highest BCUT2D eigenvalue weighted by molar-refractivity contribution is 5.31. The van der Waals surface area contributed by atoms with Crippen molar-refractivity contribution in [2.24, 2.45) is 5.92 Å². The Balaban J connectivity index is 1.86. The van der Waals surface area contributed by atoms with E-state index in [0.29, 0.717) is 24.2 Å². The summed E-state index contributed by atoms with van der Waals surface area (Å²) in [5.41, 5.74) is 5.50. The third-order valence-electron chi connectivity index (χ3n) is 1.92. The largest absolute Gasteiger partial charge is 0.477 e. The van der Waals surface area contributed by atoms with Gasteiger partial charge in [0.1, 0.15) is 5.82 Å². The lowest BCUT2D eigenvalue weighted by Crippen LogP contribution is -2.32. The van der Waals surface area contributed by atoms with Gasteiger partial charge in [-0.2, -0.15) is 4.98 Å². The number of anilines is 1. The summed E-state index contributed by atoms with van der Waals surface area (Å²) in [6.45, 7) is 2.25. The Labute approximate surface area is 76.7 Å². The Bertz CT molecular complexity index is 287. The normalized spacial score (nSPS) is 16.6. The highest BCUT2D eigenvalue weighted by atomic mass is 16.5. The predicted molar refractivity (Wildman–Crippen MR) is 48.5 cm³/mol. The summed E-state index contributed by atoms with van der Waals surface area (Å²) in [6.07, 6.45) is 0. The molecular weight excluding hydrogens is 168 g/mol. The van der Waals surface area contributed by atoms with Crippen molar-refractivity contribution in [3.8, 4) is 5.88 Å². The maximum absolute atomic E-state index is 5.50. The molecule has 0 bridgehead atoms. The first-order valence-electron chi connectivity index (χ1n) is 4.27. The third kappa shape index (κ3) is 2.09. The fourth-order valence-corrected chi connectivity index (χ4v) is 1.10. The molecular formula is C9H12N2O2. The van der Waals surface area contributed by atoms with Crippen molar-refractivity contribution >= 4 is 5.82 Å². The average molecular weight is 180 g/mol. The summed E-state index contributed by atoms with van der Waals surface area (Å²) in [7, 11) is 0. The van der Waals surface area contributed by atoms with Gasteiger partial charge in [0, 0.05) is 12.0 Å². The summed E-state index contributed by atoms with van der Waals surface area (Å²) in [6, 6.07) is 5.37. The van der Waals surface area contributed by atoms with Crippen LogP contribution in [0.2, 0.25) is 0 Å². The molecule has 1 aliphatic heterocycles. The van der Waals surface area contributed by atoms with Crippen LogP contribution in [-0.2, 0) is 4.74 Å². The van der Waals surface area contributed by atoms with Crippen LogP contribution in [0.25, 0.3) is 0 Å². The Hall–Kier alpha value is -1.29. The lowest BCUT2D eigenvalue weighted by atomic mass is 10.1. The van der Waals surface area contributed by atoms with E-state index in [0.717, 1.165) is 13.2 Å². The molecule has 0 radical (unpaired) electrons. The monoisotopic (exact) mass is 180 g/mol. The first kappa shape index (κ1) is 8.31. The van der Waals surface area contributed by atoms with Crippen molar-refractivity contribution in [2.45, 2.75) is 0 Å². The van der Waals surface area contributed by atoms with E-state index in [9.17, 15) is 0 Å². The van der Waals surface area contributed by atoms with Crippen molar-refractivity contribution in [1.29, 1.82) is 0 Å². The van der Waals surface area contributed by atoms with Gasteiger partial charge in [0.15, 0.2) is 0 Å². The number of ether oxygens (including phenoxy) is 2. The minimum absolute atomic E-state index is 0.488. The maximum atomic E-state index is 5.50. The van der Waals surface area contributed by atoms with Gasteiger partial charge in [0.25, 0.3) is 0 Å². The van der Waals surface area contributed by atoms with Crippen molar-refractivity contribution < 1.29 is 9.47 Å². The highest BCUT2D eigenvalue weighted by Gasteiger charge is 2.18. The van der Waals surface area contributed by atoms with Crippen LogP contribution < -0.4 is 10.5 Å². The zero-order valence-corrected chi connectivity index (χ0v) is 7.27. The zero-order chi connectivity index (χ0) is 9.10. The molecule has 4 nitrogen and oxygen atoms in total. The molecule has 2 N–H and O–H groups in total. The first-order chi connectivity index (χ1) is 6.34. The molecule has 2 heterocycles. The van der Waals surface area contributed by atoms with Crippen LogP contribution in [0, 0.1) is 5.92 Å². The molecule has 1 aliphatic rings. The SMILES string of the molecule is Nc1cccc(OCC2COC2)n1. The van der Waals surface area contributed by atoms with Gasteiger partial charge < -0.3 is 15.2 Å². The number of nitrogens with two attached hydrogens (primary N) is 1. The molecule has 0 unspecified atom stereocenters. The molecule has 0 spiro atoms. The molecule has 1 saturated heterocycles. The summed E-state index contributed by atoms with van der Waals surface area (Å²) >= 11 is 0. The molecule has 0 atom stereocenters. The molecule has 0 amide bonds. The molecule has 0 aliphatic carbocycles.